The van der Waals surface area contributed by atoms with Crippen LogP contribution in [0.1, 0.15) is 65.5 Å². The number of methoxy groups -OCH3 is 1. The number of hydrogen-bond donors (Lipinski definition) is 1. The average Bonchev–Trinajstić information content (AvgIpc) is 3.38. The van der Waals surface area contributed by atoms with Crippen LogP contribution in [-0.2, 0) is 28.6 Å². The SMILES string of the molecule is COC(=O)CC1C(C)(C)C(=O)C=C2OC3(C)C4=CC(=O)OC(c5ccoc5)C4(C)CCC3(O)C21C. The van der Waals surface area contributed by atoms with Crippen molar-refractivity contribution in [1.29, 1.82) is 0 Å². The van der Waals surface area contributed by atoms with Crippen molar-refractivity contribution in [3.05, 3.63) is 47.6 Å². The molecule has 2 fully saturated rings. The molecule has 0 radical (unpaired) electrons. The highest BCUT2D eigenvalue weighted by molar-refractivity contribution is 5.97. The van der Waals surface area contributed by atoms with Crippen molar-refractivity contribution >= 4 is 17.7 Å². The Morgan fingerprint density at radius 3 is 2.49 bits per heavy atom. The lowest BCUT2D eigenvalue weighted by Crippen LogP contribution is -2.67. The third-order valence-corrected chi connectivity index (χ3v) is 9.59. The van der Waals surface area contributed by atoms with Crippen LogP contribution in [0.3, 0.4) is 0 Å². The van der Waals surface area contributed by atoms with Crippen LogP contribution >= 0.6 is 0 Å². The van der Waals surface area contributed by atoms with Crippen molar-refractivity contribution in [3.63, 3.8) is 0 Å². The summed E-state index contributed by atoms with van der Waals surface area (Å²) in [5.41, 5.74) is -4.22. The molecule has 35 heavy (non-hydrogen) atoms. The van der Waals surface area contributed by atoms with E-state index in [-0.39, 0.29) is 12.2 Å². The summed E-state index contributed by atoms with van der Waals surface area (Å²) in [6, 6.07) is 1.77. The number of ketones is 1. The molecular weight excluding hydrogens is 452 g/mol. The standard InChI is InChI=1S/C27H32O8/c1-23(2)16(11-20(29)32-6)25(4)19(13-18(23)28)35-26(5)17-12-21(30)34-22(15-7-10-33-14-15)24(17,3)8-9-27(25,26)31/h7,10,12-14,16,22,31H,8-9,11H2,1-6H3. The van der Waals surface area contributed by atoms with Crippen molar-refractivity contribution < 1.29 is 38.1 Å². The second-order valence-electron chi connectivity index (χ2n) is 11.5. The number of carbonyl (C=O) groups excluding carboxylic acids is 3. The molecule has 1 saturated heterocycles. The fourth-order valence-corrected chi connectivity index (χ4v) is 7.39. The Morgan fingerprint density at radius 1 is 1.14 bits per heavy atom. The summed E-state index contributed by atoms with van der Waals surface area (Å²) in [5, 5.41) is 12.6. The van der Waals surface area contributed by atoms with E-state index in [4.69, 9.17) is 18.6 Å². The number of hydrogen-bond acceptors (Lipinski definition) is 8. The quantitative estimate of drug-likeness (QED) is 0.645. The highest BCUT2D eigenvalue weighted by Gasteiger charge is 2.78. The van der Waals surface area contributed by atoms with Crippen LogP contribution in [0, 0.1) is 22.2 Å². The maximum Gasteiger partial charge on any atom is 0.331 e. The number of cyclic esters (lactones) is 1. The minimum absolute atomic E-state index is 0.0547. The molecule has 5 rings (SSSR count). The van der Waals surface area contributed by atoms with Crippen molar-refractivity contribution in [2.24, 2.45) is 22.2 Å². The average molecular weight is 485 g/mol. The Morgan fingerprint density at radius 2 is 1.86 bits per heavy atom. The number of fused-ring (bicyclic) bond motifs is 5. The number of rotatable bonds is 3. The van der Waals surface area contributed by atoms with Crippen molar-refractivity contribution in [2.75, 3.05) is 7.11 Å². The maximum absolute atomic E-state index is 13.2. The molecule has 8 nitrogen and oxygen atoms in total. The van der Waals surface area contributed by atoms with Crippen molar-refractivity contribution in [2.45, 2.75) is 71.2 Å². The van der Waals surface area contributed by atoms with Gasteiger partial charge in [-0.3, -0.25) is 9.59 Å². The van der Waals surface area contributed by atoms with Gasteiger partial charge in [0, 0.05) is 28.5 Å². The molecule has 4 aliphatic rings. The molecule has 6 unspecified atom stereocenters. The van der Waals surface area contributed by atoms with E-state index in [0.717, 1.165) is 5.56 Å². The van der Waals surface area contributed by atoms with Gasteiger partial charge < -0.3 is 23.7 Å². The molecule has 0 bridgehead atoms. The van der Waals surface area contributed by atoms with Crippen LogP contribution in [0.5, 0.6) is 0 Å². The maximum atomic E-state index is 13.2. The fourth-order valence-electron chi connectivity index (χ4n) is 7.39. The van der Waals surface area contributed by atoms with E-state index in [0.29, 0.717) is 24.2 Å². The van der Waals surface area contributed by atoms with Gasteiger partial charge in [0.25, 0.3) is 0 Å². The first-order valence-electron chi connectivity index (χ1n) is 12.0. The van der Waals surface area contributed by atoms with Gasteiger partial charge in [-0.1, -0.05) is 20.8 Å². The van der Waals surface area contributed by atoms with Gasteiger partial charge in [0.05, 0.1) is 31.5 Å². The fraction of sp³-hybridized carbons (Fsp3) is 0.593. The molecule has 3 heterocycles. The molecule has 0 aromatic carbocycles. The van der Waals surface area contributed by atoms with Gasteiger partial charge in [0.2, 0.25) is 0 Å². The highest BCUT2D eigenvalue weighted by Crippen LogP contribution is 2.72. The van der Waals surface area contributed by atoms with Crippen molar-refractivity contribution in [3.8, 4) is 0 Å². The van der Waals surface area contributed by atoms with Gasteiger partial charge in [-0.2, -0.15) is 0 Å². The number of esters is 2. The summed E-state index contributed by atoms with van der Waals surface area (Å²) in [5.74, 6) is -1.43. The number of carbonyl (C=O) groups is 3. The van der Waals surface area contributed by atoms with Crippen LogP contribution in [0.15, 0.2) is 46.5 Å². The largest absolute Gasteiger partial charge is 0.484 e. The summed E-state index contributed by atoms with van der Waals surface area (Å²) in [7, 11) is 1.31. The molecule has 2 aliphatic heterocycles. The number of ether oxygens (including phenoxy) is 3. The zero-order chi connectivity index (χ0) is 25.6. The molecule has 6 atom stereocenters. The normalized spacial score (nSPS) is 41.5. The molecule has 1 aromatic heterocycles. The number of aliphatic hydroxyl groups is 1. The van der Waals surface area contributed by atoms with Crippen LogP contribution in [0.2, 0.25) is 0 Å². The van der Waals surface area contributed by atoms with E-state index < -0.39 is 51.4 Å². The molecule has 1 N–H and O–H groups in total. The molecule has 8 heteroatoms. The summed E-state index contributed by atoms with van der Waals surface area (Å²) in [4.78, 5) is 38.5. The van der Waals surface area contributed by atoms with E-state index in [1.165, 1.54) is 25.5 Å². The summed E-state index contributed by atoms with van der Waals surface area (Å²) in [6.45, 7) is 9.22. The summed E-state index contributed by atoms with van der Waals surface area (Å²) in [6.07, 6.45) is 6.09. The minimum atomic E-state index is -1.51. The van der Waals surface area contributed by atoms with E-state index in [1.807, 2.05) is 13.8 Å². The van der Waals surface area contributed by atoms with Crippen LogP contribution in [0.25, 0.3) is 0 Å². The second kappa shape index (κ2) is 7.09. The topological polar surface area (TPSA) is 112 Å². The minimum Gasteiger partial charge on any atom is -0.484 e. The third-order valence-electron chi connectivity index (χ3n) is 9.59. The lowest BCUT2D eigenvalue weighted by atomic mass is 9.45. The lowest BCUT2D eigenvalue weighted by Gasteiger charge is -2.59. The zero-order valence-electron chi connectivity index (χ0n) is 21.0. The highest BCUT2D eigenvalue weighted by atomic mass is 16.6. The summed E-state index contributed by atoms with van der Waals surface area (Å²) >= 11 is 0. The first-order valence-corrected chi connectivity index (χ1v) is 12.0. The van der Waals surface area contributed by atoms with Gasteiger partial charge in [-0.15, -0.1) is 0 Å². The van der Waals surface area contributed by atoms with Crippen LogP contribution in [0.4, 0.5) is 0 Å². The number of furan rings is 1. The second-order valence-corrected chi connectivity index (χ2v) is 11.5. The van der Waals surface area contributed by atoms with Crippen LogP contribution in [-0.4, -0.2) is 41.1 Å². The molecule has 2 aliphatic carbocycles. The first kappa shape index (κ1) is 23.9. The summed E-state index contributed by atoms with van der Waals surface area (Å²) < 4.78 is 22.6. The van der Waals surface area contributed by atoms with E-state index in [2.05, 4.69) is 0 Å². The van der Waals surface area contributed by atoms with Crippen LogP contribution < -0.4 is 0 Å². The predicted octanol–water partition coefficient (Wildman–Crippen LogP) is 3.80. The molecule has 188 valence electrons. The Hall–Kier alpha value is -2.87. The van der Waals surface area contributed by atoms with Gasteiger partial charge in [0.15, 0.2) is 11.4 Å². The Kier molecular flexibility index (Phi) is 4.83. The van der Waals surface area contributed by atoms with E-state index >= 15 is 0 Å². The predicted molar refractivity (Wildman–Crippen MR) is 123 cm³/mol. The first-order chi connectivity index (χ1) is 16.3. The smallest absolute Gasteiger partial charge is 0.331 e. The third kappa shape index (κ3) is 2.74. The molecular formula is C27H32O8. The van der Waals surface area contributed by atoms with Crippen molar-refractivity contribution in [1.82, 2.24) is 0 Å². The van der Waals surface area contributed by atoms with E-state index in [1.54, 1.807) is 33.1 Å². The molecule has 1 saturated carbocycles. The van der Waals surface area contributed by atoms with Gasteiger partial charge in [-0.25, -0.2) is 4.79 Å². The van der Waals surface area contributed by atoms with Gasteiger partial charge in [-0.05, 0) is 44.2 Å². The monoisotopic (exact) mass is 484 g/mol. The molecule has 0 spiro atoms. The Labute approximate surface area is 204 Å². The van der Waals surface area contributed by atoms with Gasteiger partial charge >= 0.3 is 11.9 Å². The Bertz CT molecular complexity index is 1180. The zero-order valence-corrected chi connectivity index (χ0v) is 21.0. The number of allylic oxidation sites excluding steroid dienone is 1. The Balaban J connectivity index is 1.70. The van der Waals surface area contributed by atoms with E-state index in [9.17, 15) is 19.5 Å². The molecule has 0 amide bonds. The molecule has 1 aromatic rings. The van der Waals surface area contributed by atoms with Gasteiger partial charge in [0.1, 0.15) is 17.5 Å². The lowest BCUT2D eigenvalue weighted by molar-refractivity contribution is -0.191.